The van der Waals surface area contributed by atoms with E-state index in [2.05, 4.69) is 20.8 Å². The van der Waals surface area contributed by atoms with E-state index in [1.165, 1.54) is 6.07 Å². The second kappa shape index (κ2) is 8.28. The van der Waals surface area contributed by atoms with Gasteiger partial charge in [-0.3, -0.25) is 9.59 Å². The number of ketones is 1. The third kappa shape index (κ3) is 4.26. The minimum absolute atomic E-state index is 0.00323. The number of carbonyl (C=O) groups is 2. The molecule has 1 aromatic rings. The van der Waals surface area contributed by atoms with E-state index in [-0.39, 0.29) is 28.4 Å². The van der Waals surface area contributed by atoms with Crippen molar-refractivity contribution in [2.75, 3.05) is 0 Å². The Hall–Kier alpha value is -2.10. The number of aldehydes is 1. The highest BCUT2D eigenvalue weighted by Crippen LogP contribution is 2.47. The van der Waals surface area contributed by atoms with E-state index in [1.54, 1.807) is 6.92 Å². The van der Waals surface area contributed by atoms with Crippen LogP contribution in [0.1, 0.15) is 74.9 Å². The first-order chi connectivity index (χ1) is 12.6. The molecule has 1 aromatic carbocycles. The molecule has 1 fully saturated rings. The molecule has 4 heteroatoms. The van der Waals surface area contributed by atoms with Gasteiger partial charge in [0.25, 0.3) is 0 Å². The van der Waals surface area contributed by atoms with Gasteiger partial charge in [-0.15, -0.1) is 0 Å². The molecule has 27 heavy (non-hydrogen) atoms. The van der Waals surface area contributed by atoms with Crippen LogP contribution >= 0.6 is 0 Å². The van der Waals surface area contributed by atoms with Crippen molar-refractivity contribution in [2.24, 2.45) is 17.3 Å². The molecule has 1 aliphatic rings. The molecular weight excluding hydrogens is 340 g/mol. The van der Waals surface area contributed by atoms with Gasteiger partial charge in [0.05, 0.1) is 5.56 Å². The first-order valence-corrected chi connectivity index (χ1v) is 9.79. The van der Waals surface area contributed by atoms with Crippen LogP contribution in [0, 0.1) is 24.2 Å². The number of aryl methyl sites for hydroxylation is 1. The molecule has 2 rings (SSSR count). The lowest BCUT2D eigenvalue weighted by atomic mass is 9.59. The molecule has 0 unspecified atom stereocenters. The normalized spacial score (nSPS) is 26.3. The van der Waals surface area contributed by atoms with Gasteiger partial charge in [0.1, 0.15) is 17.3 Å². The van der Waals surface area contributed by atoms with Gasteiger partial charge >= 0.3 is 0 Å². The Morgan fingerprint density at radius 2 is 2.00 bits per heavy atom. The van der Waals surface area contributed by atoms with E-state index in [0.29, 0.717) is 42.0 Å². The fraction of sp³-hybridized carbons (Fsp3) is 0.565. The number of Topliss-reactive ketones (excluding diaryl/α,β-unsaturated/α-hetero) is 1. The van der Waals surface area contributed by atoms with Gasteiger partial charge in [-0.25, -0.2) is 0 Å². The topological polar surface area (TPSA) is 74.6 Å². The Balaban J connectivity index is 2.11. The van der Waals surface area contributed by atoms with Gasteiger partial charge in [-0.05, 0) is 62.5 Å². The fourth-order valence-electron chi connectivity index (χ4n) is 4.20. The number of hydrogen-bond donors (Lipinski definition) is 2. The molecule has 0 amide bonds. The van der Waals surface area contributed by atoms with Crippen molar-refractivity contribution >= 4 is 12.1 Å². The van der Waals surface area contributed by atoms with Crippen molar-refractivity contribution in [3.8, 4) is 11.5 Å². The maximum atomic E-state index is 12.2. The molecule has 0 radical (unpaired) electrons. The first-order valence-electron chi connectivity index (χ1n) is 9.79. The van der Waals surface area contributed by atoms with E-state index < -0.39 is 0 Å². The van der Waals surface area contributed by atoms with Gasteiger partial charge in [0.2, 0.25) is 0 Å². The third-order valence-electron chi connectivity index (χ3n) is 6.88. The zero-order chi connectivity index (χ0) is 20.4. The number of aromatic hydroxyl groups is 2. The highest BCUT2D eigenvalue weighted by molar-refractivity contribution is 5.83. The van der Waals surface area contributed by atoms with E-state index in [1.807, 2.05) is 13.0 Å². The van der Waals surface area contributed by atoms with Crippen molar-refractivity contribution in [1.82, 2.24) is 0 Å². The predicted molar refractivity (Wildman–Crippen MR) is 107 cm³/mol. The van der Waals surface area contributed by atoms with Crippen LogP contribution in [0.2, 0.25) is 0 Å². The van der Waals surface area contributed by atoms with Gasteiger partial charge in [0, 0.05) is 17.9 Å². The highest BCUT2D eigenvalue weighted by atomic mass is 16.3. The molecule has 148 valence electrons. The molecule has 0 spiro atoms. The summed E-state index contributed by atoms with van der Waals surface area (Å²) in [4.78, 5) is 23.3. The minimum atomic E-state index is -0.140. The fourth-order valence-corrected chi connectivity index (χ4v) is 4.20. The molecule has 0 saturated heterocycles. The van der Waals surface area contributed by atoms with Crippen LogP contribution in [0.3, 0.4) is 0 Å². The Morgan fingerprint density at radius 3 is 2.63 bits per heavy atom. The van der Waals surface area contributed by atoms with Crippen molar-refractivity contribution in [3.63, 3.8) is 0 Å². The molecule has 0 aliphatic heterocycles. The summed E-state index contributed by atoms with van der Waals surface area (Å²) in [6.07, 6.45) is 6.43. The molecule has 3 atom stereocenters. The molecule has 0 heterocycles. The summed E-state index contributed by atoms with van der Waals surface area (Å²) in [6.45, 7) is 10.2. The van der Waals surface area contributed by atoms with Crippen LogP contribution in [-0.4, -0.2) is 22.3 Å². The van der Waals surface area contributed by atoms with E-state index >= 15 is 0 Å². The van der Waals surface area contributed by atoms with Crippen LogP contribution in [-0.2, 0) is 11.2 Å². The molecule has 1 aliphatic carbocycles. The van der Waals surface area contributed by atoms with Crippen LogP contribution in [0.25, 0.3) is 0 Å². The second-order valence-corrected chi connectivity index (χ2v) is 8.46. The number of rotatable bonds is 6. The smallest absolute Gasteiger partial charge is 0.154 e. The van der Waals surface area contributed by atoms with Gasteiger partial charge in [-0.1, -0.05) is 32.4 Å². The number of phenols is 2. The maximum Gasteiger partial charge on any atom is 0.154 e. The average molecular weight is 373 g/mol. The number of carbonyl (C=O) groups excluding carboxylic acids is 2. The van der Waals surface area contributed by atoms with Crippen LogP contribution in [0.4, 0.5) is 0 Å². The van der Waals surface area contributed by atoms with Crippen molar-refractivity contribution in [3.05, 3.63) is 34.4 Å². The Bertz CT molecular complexity index is 762. The monoisotopic (exact) mass is 372 g/mol. The standard InChI is InChI=1S/C23H32O4/c1-14(10-11-23(5)16(3)7-9-20(25)17(23)4)6-8-18-21(26)12-15(2)19(13-24)22(18)27/h6,12-13,16-17,26-27H,7-11H2,1-5H3/t16-,17+,23+/m0/s1. The maximum absolute atomic E-state index is 12.2. The number of allylic oxidation sites excluding steroid dienone is 2. The summed E-state index contributed by atoms with van der Waals surface area (Å²) in [5, 5.41) is 20.4. The van der Waals surface area contributed by atoms with Crippen molar-refractivity contribution < 1.29 is 19.8 Å². The summed E-state index contributed by atoms with van der Waals surface area (Å²) in [7, 11) is 0. The van der Waals surface area contributed by atoms with Gasteiger partial charge in [0.15, 0.2) is 6.29 Å². The summed E-state index contributed by atoms with van der Waals surface area (Å²) >= 11 is 0. The lowest BCUT2D eigenvalue weighted by molar-refractivity contribution is -0.132. The highest BCUT2D eigenvalue weighted by Gasteiger charge is 2.42. The van der Waals surface area contributed by atoms with E-state index in [4.69, 9.17) is 0 Å². The number of phenolic OH excluding ortho intramolecular Hbond substituents is 2. The number of benzene rings is 1. The SMILES string of the molecule is CC(=CCc1c(O)cc(C)c(C=O)c1O)CC[C@@]1(C)[C@H](C)C(=O)CC[C@@H]1C. The zero-order valence-electron chi connectivity index (χ0n) is 17.1. The minimum Gasteiger partial charge on any atom is -0.508 e. The molecule has 0 bridgehead atoms. The summed E-state index contributed by atoms with van der Waals surface area (Å²) in [5.41, 5.74) is 2.32. The Kier molecular flexibility index (Phi) is 6.50. The molecule has 4 nitrogen and oxygen atoms in total. The van der Waals surface area contributed by atoms with Crippen molar-refractivity contribution in [1.29, 1.82) is 0 Å². The van der Waals surface area contributed by atoms with Crippen molar-refractivity contribution in [2.45, 2.75) is 66.7 Å². The first kappa shape index (κ1) is 21.2. The lowest BCUT2D eigenvalue weighted by Crippen LogP contribution is -2.41. The Morgan fingerprint density at radius 1 is 1.33 bits per heavy atom. The number of hydrogen-bond acceptors (Lipinski definition) is 4. The second-order valence-electron chi connectivity index (χ2n) is 8.46. The quantitative estimate of drug-likeness (QED) is 0.536. The zero-order valence-corrected chi connectivity index (χ0v) is 17.1. The predicted octanol–water partition coefficient (Wildman–Crippen LogP) is 5.13. The summed E-state index contributed by atoms with van der Waals surface area (Å²) in [6, 6.07) is 1.51. The molecular formula is C23H32O4. The lowest BCUT2D eigenvalue weighted by Gasteiger charge is -2.44. The molecule has 2 N–H and O–H groups in total. The summed E-state index contributed by atoms with van der Waals surface area (Å²) < 4.78 is 0. The van der Waals surface area contributed by atoms with Crippen LogP contribution < -0.4 is 0 Å². The largest absolute Gasteiger partial charge is 0.508 e. The van der Waals surface area contributed by atoms with Crippen LogP contribution in [0.5, 0.6) is 11.5 Å². The third-order valence-corrected chi connectivity index (χ3v) is 6.88. The van der Waals surface area contributed by atoms with Gasteiger partial charge < -0.3 is 10.2 Å². The van der Waals surface area contributed by atoms with Crippen LogP contribution in [0.15, 0.2) is 17.7 Å². The molecule has 1 saturated carbocycles. The van der Waals surface area contributed by atoms with E-state index in [0.717, 1.165) is 24.8 Å². The average Bonchev–Trinajstić information content (AvgIpc) is 2.61. The van der Waals surface area contributed by atoms with E-state index in [9.17, 15) is 19.8 Å². The van der Waals surface area contributed by atoms with Gasteiger partial charge in [-0.2, -0.15) is 0 Å². The molecule has 0 aromatic heterocycles. The summed E-state index contributed by atoms with van der Waals surface area (Å²) in [5.74, 6) is 0.825. The Labute approximate surface area is 162 Å².